The normalized spacial score (nSPS) is 13.7. The van der Waals surface area contributed by atoms with E-state index in [-0.39, 0.29) is 5.91 Å². The van der Waals surface area contributed by atoms with Crippen LogP contribution in [0.15, 0.2) is 18.3 Å². The van der Waals surface area contributed by atoms with E-state index in [0.717, 1.165) is 23.3 Å². The lowest BCUT2D eigenvalue weighted by Gasteiger charge is -2.29. The maximum atomic E-state index is 12.7. The van der Waals surface area contributed by atoms with Gasteiger partial charge in [-0.15, -0.1) is 0 Å². The SMILES string of the molecule is COc1cc2c(cc1OC)CN(C(=O)c1nn(C)cc1C)CC2. The highest BCUT2D eigenvalue weighted by Gasteiger charge is 2.26. The number of aryl methyl sites for hydroxylation is 2. The Morgan fingerprint density at radius 1 is 1.17 bits per heavy atom. The van der Waals surface area contributed by atoms with Gasteiger partial charge in [0.2, 0.25) is 0 Å². The number of ether oxygens (including phenoxy) is 2. The molecule has 2 heterocycles. The van der Waals surface area contributed by atoms with Crippen molar-refractivity contribution >= 4 is 5.91 Å². The summed E-state index contributed by atoms with van der Waals surface area (Å²) < 4.78 is 12.4. The van der Waals surface area contributed by atoms with Crippen LogP contribution in [0, 0.1) is 6.92 Å². The van der Waals surface area contributed by atoms with Gasteiger partial charge >= 0.3 is 0 Å². The minimum absolute atomic E-state index is 0.0245. The van der Waals surface area contributed by atoms with Gasteiger partial charge in [-0.2, -0.15) is 5.10 Å². The molecule has 1 aliphatic heterocycles. The summed E-state index contributed by atoms with van der Waals surface area (Å²) in [5.41, 5.74) is 3.72. The number of benzene rings is 1. The van der Waals surface area contributed by atoms with Gasteiger partial charge in [-0.25, -0.2) is 0 Å². The zero-order valence-electron chi connectivity index (χ0n) is 13.9. The van der Waals surface area contributed by atoms with E-state index in [1.54, 1.807) is 18.9 Å². The Morgan fingerprint density at radius 2 is 1.83 bits per heavy atom. The van der Waals surface area contributed by atoms with Crippen LogP contribution in [0.2, 0.25) is 0 Å². The summed E-state index contributed by atoms with van der Waals surface area (Å²) in [4.78, 5) is 14.6. The Bertz CT molecular complexity index is 752. The smallest absolute Gasteiger partial charge is 0.274 e. The summed E-state index contributed by atoms with van der Waals surface area (Å²) in [6, 6.07) is 3.96. The third-order valence-electron chi connectivity index (χ3n) is 4.22. The van der Waals surface area contributed by atoms with Crippen molar-refractivity contribution in [2.24, 2.45) is 7.05 Å². The second-order valence-electron chi connectivity index (χ2n) is 5.79. The summed E-state index contributed by atoms with van der Waals surface area (Å²) in [7, 11) is 5.08. The molecule has 0 atom stereocenters. The lowest BCUT2D eigenvalue weighted by atomic mass is 9.98. The molecule has 0 fully saturated rings. The van der Waals surface area contributed by atoms with Crippen LogP contribution in [-0.2, 0) is 20.0 Å². The molecule has 1 aromatic carbocycles. The fraction of sp³-hybridized carbons (Fsp3) is 0.412. The topological polar surface area (TPSA) is 56.6 Å². The van der Waals surface area contributed by atoms with Crippen LogP contribution < -0.4 is 9.47 Å². The standard InChI is InChI=1S/C17H21N3O3/c1-11-9-19(2)18-16(11)17(21)20-6-5-12-7-14(22-3)15(23-4)8-13(12)10-20/h7-9H,5-6,10H2,1-4H3. The van der Waals surface area contributed by atoms with Crippen molar-refractivity contribution in [1.29, 1.82) is 0 Å². The van der Waals surface area contributed by atoms with Gasteiger partial charge in [0, 0.05) is 31.9 Å². The lowest BCUT2D eigenvalue weighted by molar-refractivity contribution is 0.0727. The van der Waals surface area contributed by atoms with Crippen LogP contribution in [0.3, 0.4) is 0 Å². The van der Waals surface area contributed by atoms with Gasteiger partial charge in [0.25, 0.3) is 5.91 Å². The van der Waals surface area contributed by atoms with E-state index in [1.165, 1.54) is 5.56 Å². The van der Waals surface area contributed by atoms with Crippen LogP contribution >= 0.6 is 0 Å². The van der Waals surface area contributed by atoms with Crippen LogP contribution in [-0.4, -0.2) is 41.4 Å². The molecule has 0 saturated carbocycles. The predicted molar refractivity (Wildman–Crippen MR) is 85.9 cm³/mol. The summed E-state index contributed by atoms with van der Waals surface area (Å²) >= 11 is 0. The number of nitrogens with zero attached hydrogens (tertiary/aromatic N) is 3. The highest BCUT2D eigenvalue weighted by atomic mass is 16.5. The zero-order valence-corrected chi connectivity index (χ0v) is 13.9. The second kappa shape index (κ2) is 5.95. The van der Waals surface area contributed by atoms with Gasteiger partial charge in [-0.05, 0) is 36.6 Å². The van der Waals surface area contributed by atoms with Crippen molar-refractivity contribution in [2.45, 2.75) is 19.9 Å². The summed E-state index contributed by atoms with van der Waals surface area (Å²) in [6.45, 7) is 3.15. The molecule has 6 nitrogen and oxygen atoms in total. The molecule has 0 bridgehead atoms. The van der Waals surface area contributed by atoms with E-state index in [2.05, 4.69) is 5.10 Å². The maximum absolute atomic E-state index is 12.7. The fourth-order valence-electron chi connectivity index (χ4n) is 3.02. The average molecular weight is 315 g/mol. The van der Waals surface area contributed by atoms with E-state index >= 15 is 0 Å². The molecule has 0 N–H and O–H groups in total. The Morgan fingerprint density at radius 3 is 2.39 bits per heavy atom. The monoisotopic (exact) mass is 315 g/mol. The van der Waals surface area contributed by atoms with Crippen molar-refractivity contribution in [3.05, 3.63) is 40.7 Å². The van der Waals surface area contributed by atoms with Gasteiger partial charge in [-0.3, -0.25) is 9.48 Å². The lowest BCUT2D eigenvalue weighted by Crippen LogP contribution is -2.36. The minimum atomic E-state index is -0.0245. The van der Waals surface area contributed by atoms with Crippen molar-refractivity contribution < 1.29 is 14.3 Å². The summed E-state index contributed by atoms with van der Waals surface area (Å²) in [6.07, 6.45) is 2.66. The second-order valence-corrected chi connectivity index (χ2v) is 5.79. The number of carbonyl (C=O) groups is 1. The Hall–Kier alpha value is -2.50. The molecule has 0 aliphatic carbocycles. The van der Waals surface area contributed by atoms with Crippen molar-refractivity contribution in [1.82, 2.24) is 14.7 Å². The van der Waals surface area contributed by atoms with Crippen molar-refractivity contribution in [3.8, 4) is 11.5 Å². The number of rotatable bonds is 3. The van der Waals surface area contributed by atoms with Crippen LogP contribution in [0.25, 0.3) is 0 Å². The molecule has 0 radical (unpaired) electrons. The van der Waals surface area contributed by atoms with E-state index < -0.39 is 0 Å². The third kappa shape index (κ3) is 2.76. The van der Waals surface area contributed by atoms with Crippen molar-refractivity contribution in [2.75, 3.05) is 20.8 Å². The Labute approximate surface area is 135 Å². The molecule has 122 valence electrons. The largest absolute Gasteiger partial charge is 0.493 e. The molecule has 1 aromatic heterocycles. The molecule has 0 unspecified atom stereocenters. The predicted octanol–water partition coefficient (Wildman–Crippen LogP) is 1.94. The van der Waals surface area contributed by atoms with Crippen molar-refractivity contribution in [3.63, 3.8) is 0 Å². The third-order valence-corrected chi connectivity index (χ3v) is 4.22. The first kappa shape index (κ1) is 15.4. The molecule has 23 heavy (non-hydrogen) atoms. The quantitative estimate of drug-likeness (QED) is 0.868. The molecular formula is C17H21N3O3. The Kier molecular flexibility index (Phi) is 3.98. The van der Waals surface area contributed by atoms with E-state index in [4.69, 9.17) is 9.47 Å². The number of hydrogen-bond acceptors (Lipinski definition) is 4. The minimum Gasteiger partial charge on any atom is -0.493 e. The first-order valence-electron chi connectivity index (χ1n) is 7.56. The number of fused-ring (bicyclic) bond motifs is 1. The number of carbonyl (C=O) groups excluding carboxylic acids is 1. The molecule has 6 heteroatoms. The number of methoxy groups -OCH3 is 2. The summed E-state index contributed by atoms with van der Waals surface area (Å²) in [5.74, 6) is 1.39. The van der Waals surface area contributed by atoms with Crippen LogP contribution in [0.5, 0.6) is 11.5 Å². The molecule has 2 aromatic rings. The van der Waals surface area contributed by atoms with Crippen LogP contribution in [0.1, 0.15) is 27.2 Å². The van der Waals surface area contributed by atoms with E-state index in [9.17, 15) is 4.79 Å². The summed E-state index contributed by atoms with van der Waals surface area (Å²) in [5, 5.41) is 4.28. The van der Waals surface area contributed by atoms with E-state index in [0.29, 0.717) is 24.5 Å². The molecule has 0 saturated heterocycles. The zero-order chi connectivity index (χ0) is 16.6. The van der Waals surface area contributed by atoms with E-state index in [1.807, 2.05) is 37.2 Å². The number of aromatic nitrogens is 2. The molecule has 3 rings (SSSR count). The number of hydrogen-bond donors (Lipinski definition) is 0. The fourth-order valence-corrected chi connectivity index (χ4v) is 3.02. The molecule has 0 spiro atoms. The average Bonchev–Trinajstić information content (AvgIpc) is 2.90. The Balaban J connectivity index is 1.87. The molecular weight excluding hydrogens is 294 g/mol. The molecule has 1 aliphatic rings. The van der Waals surface area contributed by atoms with Crippen LogP contribution in [0.4, 0.5) is 0 Å². The van der Waals surface area contributed by atoms with Gasteiger partial charge in [0.05, 0.1) is 14.2 Å². The highest BCUT2D eigenvalue weighted by Crippen LogP contribution is 2.33. The van der Waals surface area contributed by atoms with Gasteiger partial charge in [0.15, 0.2) is 17.2 Å². The first-order valence-corrected chi connectivity index (χ1v) is 7.56. The number of amides is 1. The molecule has 1 amide bonds. The maximum Gasteiger partial charge on any atom is 0.274 e. The first-order chi connectivity index (χ1) is 11.0. The van der Waals surface area contributed by atoms with Gasteiger partial charge in [-0.1, -0.05) is 0 Å². The highest BCUT2D eigenvalue weighted by molar-refractivity contribution is 5.93. The van der Waals surface area contributed by atoms with Gasteiger partial charge < -0.3 is 14.4 Å². The van der Waals surface area contributed by atoms with Gasteiger partial charge in [0.1, 0.15) is 0 Å².